The smallest absolute Gasteiger partial charge is 0.191 e. The van der Waals surface area contributed by atoms with E-state index < -0.39 is 0 Å². The van der Waals surface area contributed by atoms with Gasteiger partial charge in [0.2, 0.25) is 0 Å². The summed E-state index contributed by atoms with van der Waals surface area (Å²) in [5, 5.41) is 15.1. The summed E-state index contributed by atoms with van der Waals surface area (Å²) in [6.45, 7) is 7.69. The molecule has 1 aliphatic carbocycles. The van der Waals surface area contributed by atoms with Crippen molar-refractivity contribution in [3.05, 3.63) is 11.6 Å². The maximum Gasteiger partial charge on any atom is 0.191 e. The molecule has 2 N–H and O–H groups in total. The lowest BCUT2D eigenvalue weighted by Gasteiger charge is -2.24. The summed E-state index contributed by atoms with van der Waals surface area (Å²) in [7, 11) is 3.69. The molecule has 168 valence electrons. The Balaban J connectivity index is 0.00000420. The van der Waals surface area contributed by atoms with Crippen molar-refractivity contribution >= 4 is 29.9 Å². The number of aryl methyl sites for hydroxylation is 1. The molecule has 1 fully saturated rings. The van der Waals surface area contributed by atoms with Crippen LogP contribution in [-0.4, -0.2) is 60.2 Å². The van der Waals surface area contributed by atoms with Gasteiger partial charge in [0.25, 0.3) is 0 Å². The number of nitrogens with one attached hydrogen (secondary N) is 2. The van der Waals surface area contributed by atoms with Crippen molar-refractivity contribution in [3.8, 4) is 0 Å². The summed E-state index contributed by atoms with van der Waals surface area (Å²) in [4.78, 5) is 4.70. The van der Waals surface area contributed by atoms with Crippen molar-refractivity contribution in [3.63, 3.8) is 0 Å². The van der Waals surface area contributed by atoms with Gasteiger partial charge in [0, 0.05) is 40.5 Å². The molecule has 0 bridgehead atoms. The second-order valence-corrected chi connectivity index (χ2v) is 7.41. The maximum absolute atomic E-state index is 6.03. The fourth-order valence-corrected chi connectivity index (χ4v) is 3.67. The van der Waals surface area contributed by atoms with E-state index in [0.717, 1.165) is 56.8 Å². The molecule has 1 aliphatic rings. The topological polar surface area (TPSA) is 85.6 Å². The number of halogens is 1. The zero-order chi connectivity index (χ0) is 20.2. The molecule has 0 aromatic carbocycles. The number of guanidine groups is 1. The molecule has 0 radical (unpaired) electrons. The van der Waals surface area contributed by atoms with Crippen molar-refractivity contribution in [1.82, 2.24) is 25.4 Å². The first-order valence-electron chi connectivity index (χ1n) is 10.6. The first kappa shape index (κ1) is 26.1. The van der Waals surface area contributed by atoms with Crippen molar-refractivity contribution < 1.29 is 9.47 Å². The third-order valence-corrected chi connectivity index (χ3v) is 5.41. The highest BCUT2D eigenvalue weighted by molar-refractivity contribution is 14.0. The lowest BCUT2D eigenvalue weighted by molar-refractivity contribution is 0.0169. The Labute approximate surface area is 192 Å². The van der Waals surface area contributed by atoms with Crippen molar-refractivity contribution in [1.29, 1.82) is 0 Å². The fourth-order valence-electron chi connectivity index (χ4n) is 3.67. The van der Waals surface area contributed by atoms with Crippen LogP contribution in [0.1, 0.15) is 57.1 Å². The Bertz CT molecular complexity index is 590. The summed E-state index contributed by atoms with van der Waals surface area (Å²) in [5.41, 5.74) is 0. The van der Waals surface area contributed by atoms with Crippen LogP contribution in [0, 0.1) is 12.8 Å². The van der Waals surface area contributed by atoms with Crippen LogP contribution in [0.25, 0.3) is 0 Å². The predicted octanol–water partition coefficient (Wildman–Crippen LogP) is 2.80. The number of hydrogen-bond donors (Lipinski definition) is 2. The normalized spacial score (nSPS) is 15.9. The van der Waals surface area contributed by atoms with Crippen molar-refractivity contribution in [2.24, 2.45) is 18.0 Å². The average molecular weight is 522 g/mol. The highest BCUT2D eigenvalue weighted by atomic mass is 127. The van der Waals surface area contributed by atoms with Gasteiger partial charge >= 0.3 is 0 Å². The standard InChI is InChI=1S/C20H38N6O2.HI/c1-5-28-18(17-9-6-7-10-17)11-13-22-20(21-12-8-14-27-4)23-15-19-25-24-16(2)26(19)3;/h17-18H,5-15H2,1-4H3,(H2,21,22,23);1H. The van der Waals surface area contributed by atoms with E-state index in [1.807, 2.05) is 18.5 Å². The summed E-state index contributed by atoms with van der Waals surface area (Å²) in [6.07, 6.45) is 7.55. The molecule has 1 saturated carbocycles. The number of aromatic nitrogens is 3. The summed E-state index contributed by atoms with van der Waals surface area (Å²) < 4.78 is 13.1. The van der Waals surface area contributed by atoms with Gasteiger partial charge in [-0.15, -0.1) is 34.2 Å². The second-order valence-electron chi connectivity index (χ2n) is 7.41. The van der Waals surface area contributed by atoms with Gasteiger partial charge in [0.15, 0.2) is 11.8 Å². The lowest BCUT2D eigenvalue weighted by Crippen LogP contribution is -2.40. The third-order valence-electron chi connectivity index (χ3n) is 5.41. The number of nitrogens with zero attached hydrogens (tertiary/aromatic N) is 4. The zero-order valence-corrected chi connectivity index (χ0v) is 20.8. The minimum atomic E-state index is 0. The Kier molecular flexibility index (Phi) is 13.5. The highest BCUT2D eigenvalue weighted by Crippen LogP contribution is 2.30. The van der Waals surface area contributed by atoms with Gasteiger partial charge < -0.3 is 24.7 Å². The van der Waals surface area contributed by atoms with Crippen LogP contribution >= 0.6 is 24.0 Å². The van der Waals surface area contributed by atoms with E-state index in [1.165, 1.54) is 25.7 Å². The first-order valence-corrected chi connectivity index (χ1v) is 10.6. The molecule has 1 aromatic heterocycles. The van der Waals surface area contributed by atoms with Gasteiger partial charge in [0.1, 0.15) is 12.4 Å². The Morgan fingerprint density at radius 1 is 1.24 bits per heavy atom. The van der Waals surface area contributed by atoms with E-state index in [9.17, 15) is 0 Å². The van der Waals surface area contributed by atoms with Crippen LogP contribution in [0.15, 0.2) is 4.99 Å². The average Bonchev–Trinajstić information content (AvgIpc) is 3.33. The van der Waals surface area contributed by atoms with E-state index in [-0.39, 0.29) is 24.0 Å². The number of rotatable bonds is 12. The van der Waals surface area contributed by atoms with Gasteiger partial charge in [-0.1, -0.05) is 12.8 Å². The molecule has 0 saturated heterocycles. The van der Waals surface area contributed by atoms with Crippen LogP contribution in [0.4, 0.5) is 0 Å². The predicted molar refractivity (Wildman–Crippen MR) is 127 cm³/mol. The molecule has 0 spiro atoms. The summed E-state index contributed by atoms with van der Waals surface area (Å²) in [5.74, 6) is 3.26. The Hall–Kier alpha value is -0.940. The van der Waals surface area contributed by atoms with Crippen LogP contribution in [0.2, 0.25) is 0 Å². The number of ether oxygens (including phenoxy) is 2. The maximum atomic E-state index is 6.03. The monoisotopic (exact) mass is 522 g/mol. The van der Waals surface area contributed by atoms with Crippen LogP contribution in [-0.2, 0) is 23.1 Å². The van der Waals surface area contributed by atoms with Crippen molar-refractivity contribution in [2.75, 3.05) is 33.4 Å². The largest absolute Gasteiger partial charge is 0.385 e. The number of methoxy groups -OCH3 is 1. The van der Waals surface area contributed by atoms with Gasteiger partial charge in [-0.25, -0.2) is 4.99 Å². The van der Waals surface area contributed by atoms with Crippen molar-refractivity contribution in [2.45, 2.75) is 65.0 Å². The van der Waals surface area contributed by atoms with E-state index in [1.54, 1.807) is 7.11 Å². The molecule has 0 amide bonds. The number of aliphatic imine (C=N–C) groups is 1. The minimum Gasteiger partial charge on any atom is -0.385 e. The summed E-state index contributed by atoms with van der Waals surface area (Å²) >= 11 is 0. The molecule has 1 aromatic rings. The zero-order valence-electron chi connectivity index (χ0n) is 18.4. The minimum absolute atomic E-state index is 0. The SMILES string of the molecule is CCOC(CCNC(=NCc1nnc(C)n1C)NCCCOC)C1CCCC1.I. The molecule has 1 atom stereocenters. The van der Waals surface area contributed by atoms with E-state index in [0.29, 0.717) is 18.6 Å². The molecule has 1 heterocycles. The molecule has 29 heavy (non-hydrogen) atoms. The molecule has 2 rings (SSSR count). The van der Waals surface area contributed by atoms with Gasteiger partial charge in [0.05, 0.1) is 6.10 Å². The van der Waals surface area contributed by atoms with E-state index in [4.69, 9.17) is 14.5 Å². The first-order chi connectivity index (χ1) is 13.7. The molecule has 8 nitrogen and oxygen atoms in total. The van der Waals surface area contributed by atoms with Gasteiger partial charge in [-0.3, -0.25) is 0 Å². The number of hydrogen-bond acceptors (Lipinski definition) is 5. The second kappa shape index (κ2) is 15.0. The molecule has 9 heteroatoms. The van der Waals surface area contributed by atoms with Gasteiger partial charge in [-0.2, -0.15) is 0 Å². The third kappa shape index (κ3) is 9.17. The summed E-state index contributed by atoms with van der Waals surface area (Å²) in [6, 6.07) is 0. The lowest BCUT2D eigenvalue weighted by atomic mass is 9.98. The Morgan fingerprint density at radius 3 is 2.59 bits per heavy atom. The van der Waals surface area contributed by atoms with Crippen LogP contribution < -0.4 is 10.6 Å². The van der Waals surface area contributed by atoms with Crippen LogP contribution in [0.5, 0.6) is 0 Å². The molecular formula is C20H39IN6O2. The van der Waals surface area contributed by atoms with E-state index in [2.05, 4.69) is 27.8 Å². The fraction of sp³-hybridized carbons (Fsp3) is 0.850. The molecule has 0 aliphatic heterocycles. The molecular weight excluding hydrogens is 483 g/mol. The van der Waals surface area contributed by atoms with Gasteiger partial charge in [-0.05, 0) is 45.4 Å². The Morgan fingerprint density at radius 2 is 1.97 bits per heavy atom. The highest BCUT2D eigenvalue weighted by Gasteiger charge is 2.25. The molecule has 1 unspecified atom stereocenters. The van der Waals surface area contributed by atoms with Crippen LogP contribution in [0.3, 0.4) is 0 Å². The van der Waals surface area contributed by atoms with E-state index >= 15 is 0 Å². The quantitative estimate of drug-likeness (QED) is 0.190.